The predicted molar refractivity (Wildman–Crippen MR) is 79.4 cm³/mol. The van der Waals surface area contributed by atoms with Crippen LogP contribution in [-0.2, 0) is 6.42 Å². The lowest BCUT2D eigenvalue weighted by molar-refractivity contribution is 0.499. The average Bonchev–Trinajstić information content (AvgIpc) is 2.91. The molecule has 3 heteroatoms. The molecule has 0 fully saturated rings. The van der Waals surface area contributed by atoms with Crippen LogP contribution < -0.4 is 5.32 Å². The molecule has 1 N–H and O–H groups in total. The molecule has 2 rings (SSSR count). The van der Waals surface area contributed by atoms with Crippen LogP contribution in [0, 0.1) is 12.7 Å². The van der Waals surface area contributed by atoms with Crippen molar-refractivity contribution in [1.82, 2.24) is 5.32 Å². The van der Waals surface area contributed by atoms with Crippen molar-refractivity contribution < 1.29 is 8.81 Å². The molecule has 1 aromatic heterocycles. The highest BCUT2D eigenvalue weighted by Gasteiger charge is 2.19. The number of hydrogen-bond donors (Lipinski definition) is 1. The van der Waals surface area contributed by atoms with Crippen LogP contribution >= 0.6 is 0 Å². The third kappa shape index (κ3) is 3.10. The molecule has 0 saturated heterocycles. The van der Waals surface area contributed by atoms with Crippen LogP contribution in [0.5, 0.6) is 0 Å². The van der Waals surface area contributed by atoms with Gasteiger partial charge < -0.3 is 9.73 Å². The van der Waals surface area contributed by atoms with E-state index in [2.05, 4.69) is 19.2 Å². The van der Waals surface area contributed by atoms with Crippen molar-refractivity contribution in [2.75, 3.05) is 6.54 Å². The summed E-state index contributed by atoms with van der Waals surface area (Å²) in [5, 5.41) is 3.53. The molecule has 0 radical (unpaired) electrons. The zero-order chi connectivity index (χ0) is 14.5. The quantitative estimate of drug-likeness (QED) is 0.846. The van der Waals surface area contributed by atoms with Crippen LogP contribution in [0.25, 0.3) is 0 Å². The summed E-state index contributed by atoms with van der Waals surface area (Å²) in [7, 11) is 0. The highest BCUT2D eigenvalue weighted by molar-refractivity contribution is 5.35. The Bertz CT molecular complexity index is 562. The number of rotatable bonds is 6. The molecule has 1 unspecified atom stereocenters. The van der Waals surface area contributed by atoms with Crippen LogP contribution in [-0.4, -0.2) is 6.54 Å². The summed E-state index contributed by atoms with van der Waals surface area (Å²) < 4.78 is 19.0. The minimum absolute atomic E-state index is 0.0583. The molecule has 0 spiro atoms. The van der Waals surface area contributed by atoms with Gasteiger partial charge in [-0.3, -0.25) is 0 Å². The first-order valence-corrected chi connectivity index (χ1v) is 7.23. The van der Waals surface area contributed by atoms with Gasteiger partial charge in [0.05, 0.1) is 12.3 Å². The Morgan fingerprint density at radius 1 is 1.25 bits per heavy atom. The van der Waals surface area contributed by atoms with Crippen LogP contribution in [0.2, 0.25) is 0 Å². The fraction of sp³-hybridized carbons (Fsp3) is 0.412. The zero-order valence-corrected chi connectivity index (χ0v) is 12.4. The molecular formula is C17H22FNO. The molecule has 2 nitrogen and oxygen atoms in total. The highest BCUT2D eigenvalue weighted by Crippen LogP contribution is 2.27. The van der Waals surface area contributed by atoms with Crippen LogP contribution in [0.4, 0.5) is 4.39 Å². The summed E-state index contributed by atoms with van der Waals surface area (Å²) in [6, 6.07) is 7.36. The van der Waals surface area contributed by atoms with E-state index >= 15 is 0 Å². The molecule has 0 bridgehead atoms. The lowest BCUT2D eigenvalue weighted by Gasteiger charge is -2.19. The summed E-state index contributed by atoms with van der Waals surface area (Å²) in [6.45, 7) is 6.92. The lowest BCUT2D eigenvalue weighted by Crippen LogP contribution is -2.23. The minimum atomic E-state index is -0.161. The smallest absolute Gasteiger partial charge is 0.126 e. The molecule has 2 aromatic rings. The Morgan fingerprint density at radius 2 is 2.05 bits per heavy atom. The standard InChI is InChI=1S/C17H22FNO/c1-4-9-19-17(14-8-10-20-16(14)5-2)13-6-7-15(18)12(3)11-13/h6-8,10-11,17,19H,4-5,9H2,1-3H3. The van der Waals surface area contributed by atoms with Gasteiger partial charge in [0, 0.05) is 12.0 Å². The Hall–Kier alpha value is -1.61. The SMILES string of the molecule is CCCNC(c1ccc(F)c(C)c1)c1ccoc1CC. The maximum Gasteiger partial charge on any atom is 0.126 e. The van der Waals surface area contributed by atoms with Crippen molar-refractivity contribution in [3.8, 4) is 0 Å². The molecule has 1 atom stereocenters. The van der Waals surface area contributed by atoms with Crippen LogP contribution in [0.15, 0.2) is 34.9 Å². The molecular weight excluding hydrogens is 253 g/mol. The average molecular weight is 275 g/mol. The van der Waals surface area contributed by atoms with E-state index < -0.39 is 0 Å². The minimum Gasteiger partial charge on any atom is -0.469 e. The van der Waals surface area contributed by atoms with Crippen molar-refractivity contribution >= 4 is 0 Å². The van der Waals surface area contributed by atoms with Gasteiger partial charge in [-0.1, -0.05) is 26.0 Å². The highest BCUT2D eigenvalue weighted by atomic mass is 19.1. The van der Waals surface area contributed by atoms with Gasteiger partial charge in [0.15, 0.2) is 0 Å². The third-order valence-electron chi connectivity index (χ3n) is 3.53. The van der Waals surface area contributed by atoms with Gasteiger partial charge in [0.2, 0.25) is 0 Å². The van der Waals surface area contributed by atoms with Crippen LogP contribution in [0.3, 0.4) is 0 Å². The normalized spacial score (nSPS) is 12.6. The first-order valence-electron chi connectivity index (χ1n) is 7.23. The monoisotopic (exact) mass is 275 g/mol. The first kappa shape index (κ1) is 14.8. The summed E-state index contributed by atoms with van der Waals surface area (Å²) in [5.74, 6) is 0.825. The number of furan rings is 1. The van der Waals surface area contributed by atoms with E-state index in [0.717, 1.165) is 36.3 Å². The topological polar surface area (TPSA) is 25.2 Å². The fourth-order valence-electron chi connectivity index (χ4n) is 2.44. The van der Waals surface area contributed by atoms with E-state index in [9.17, 15) is 4.39 Å². The van der Waals surface area contributed by atoms with Crippen molar-refractivity contribution in [3.63, 3.8) is 0 Å². The third-order valence-corrected chi connectivity index (χ3v) is 3.53. The van der Waals surface area contributed by atoms with Gasteiger partial charge in [0.25, 0.3) is 0 Å². The second-order valence-electron chi connectivity index (χ2n) is 5.05. The maximum absolute atomic E-state index is 13.5. The second kappa shape index (κ2) is 6.71. The summed E-state index contributed by atoms with van der Waals surface area (Å²) in [6.07, 6.45) is 3.63. The van der Waals surface area contributed by atoms with E-state index in [1.165, 1.54) is 6.07 Å². The predicted octanol–water partition coefficient (Wildman–Crippen LogP) is 4.38. The van der Waals surface area contributed by atoms with Gasteiger partial charge in [-0.2, -0.15) is 0 Å². The van der Waals surface area contributed by atoms with Crippen molar-refractivity contribution in [1.29, 1.82) is 0 Å². The van der Waals surface area contributed by atoms with E-state index in [-0.39, 0.29) is 11.9 Å². The lowest BCUT2D eigenvalue weighted by atomic mass is 9.96. The summed E-state index contributed by atoms with van der Waals surface area (Å²) in [5.41, 5.74) is 2.90. The molecule has 20 heavy (non-hydrogen) atoms. The summed E-state index contributed by atoms with van der Waals surface area (Å²) >= 11 is 0. The van der Waals surface area contributed by atoms with Gasteiger partial charge >= 0.3 is 0 Å². The molecule has 0 amide bonds. The molecule has 0 aliphatic carbocycles. The zero-order valence-electron chi connectivity index (χ0n) is 12.4. The molecule has 1 heterocycles. The Kier molecular flexibility index (Phi) is 4.96. The van der Waals surface area contributed by atoms with Crippen LogP contribution in [0.1, 0.15) is 48.8 Å². The van der Waals surface area contributed by atoms with Gasteiger partial charge in [-0.15, -0.1) is 0 Å². The number of hydrogen-bond acceptors (Lipinski definition) is 2. The molecule has 0 aliphatic rings. The maximum atomic E-state index is 13.5. The van der Waals surface area contributed by atoms with Gasteiger partial charge in [0.1, 0.15) is 11.6 Å². The van der Waals surface area contributed by atoms with Crippen molar-refractivity contribution in [3.05, 3.63) is 58.8 Å². The number of benzene rings is 1. The Balaban J connectivity index is 2.38. The molecule has 0 aliphatic heterocycles. The second-order valence-corrected chi connectivity index (χ2v) is 5.05. The Morgan fingerprint density at radius 3 is 2.70 bits per heavy atom. The molecule has 1 aromatic carbocycles. The van der Waals surface area contributed by atoms with E-state index in [4.69, 9.17) is 4.42 Å². The van der Waals surface area contributed by atoms with E-state index in [1.807, 2.05) is 18.2 Å². The first-order chi connectivity index (χ1) is 9.67. The number of aryl methyl sites for hydroxylation is 2. The van der Waals surface area contributed by atoms with Crippen molar-refractivity contribution in [2.24, 2.45) is 0 Å². The van der Waals surface area contributed by atoms with Gasteiger partial charge in [-0.25, -0.2) is 4.39 Å². The van der Waals surface area contributed by atoms with Gasteiger partial charge in [-0.05, 0) is 43.1 Å². The van der Waals surface area contributed by atoms with E-state index in [1.54, 1.807) is 13.2 Å². The van der Waals surface area contributed by atoms with Crippen molar-refractivity contribution in [2.45, 2.75) is 39.7 Å². The molecule has 0 saturated carbocycles. The fourth-order valence-corrected chi connectivity index (χ4v) is 2.44. The molecule has 108 valence electrons. The Labute approximate surface area is 120 Å². The summed E-state index contributed by atoms with van der Waals surface area (Å²) in [4.78, 5) is 0. The van der Waals surface area contributed by atoms with E-state index in [0.29, 0.717) is 5.56 Å². The number of nitrogens with one attached hydrogen (secondary N) is 1. The largest absolute Gasteiger partial charge is 0.469 e. The number of halogens is 1.